The van der Waals surface area contributed by atoms with Gasteiger partial charge in [0.15, 0.2) is 0 Å². The number of amides is 1. The second kappa shape index (κ2) is 14.0. The van der Waals surface area contributed by atoms with Gasteiger partial charge in [-0.1, -0.05) is 80.6 Å². The van der Waals surface area contributed by atoms with Crippen LogP contribution < -0.4 is 10.1 Å². The van der Waals surface area contributed by atoms with E-state index in [9.17, 15) is 27.9 Å². The summed E-state index contributed by atoms with van der Waals surface area (Å²) in [6, 6.07) is 15.0. The van der Waals surface area contributed by atoms with Crippen LogP contribution in [0, 0.1) is 0 Å². The Bertz CT molecular complexity index is 1240. The lowest BCUT2D eigenvalue weighted by atomic mass is 9.99. The molecule has 39 heavy (non-hydrogen) atoms. The van der Waals surface area contributed by atoms with Crippen LogP contribution in [0.5, 0.6) is 5.75 Å². The van der Waals surface area contributed by atoms with Crippen molar-refractivity contribution in [2.75, 3.05) is 6.61 Å². The molecule has 3 rings (SSSR count). The Morgan fingerprint density at radius 2 is 1.54 bits per heavy atom. The van der Waals surface area contributed by atoms with Gasteiger partial charge in [0, 0.05) is 11.4 Å². The lowest BCUT2D eigenvalue weighted by molar-refractivity contribution is -0.139. The highest BCUT2D eigenvalue weighted by Gasteiger charge is 2.30. The van der Waals surface area contributed by atoms with Crippen molar-refractivity contribution < 1.29 is 32.6 Å². The molecule has 0 aliphatic rings. The maximum absolute atomic E-state index is 13.0. The van der Waals surface area contributed by atoms with E-state index in [1.165, 1.54) is 18.2 Å². The number of aliphatic carboxylic acids is 1. The minimum absolute atomic E-state index is 0.00253. The highest BCUT2D eigenvalue weighted by Crippen LogP contribution is 2.31. The largest absolute Gasteiger partial charge is 0.493 e. The van der Waals surface area contributed by atoms with Gasteiger partial charge >= 0.3 is 12.1 Å². The van der Waals surface area contributed by atoms with Crippen LogP contribution in [-0.4, -0.2) is 29.6 Å². The molecule has 2 N–H and O–H groups in total. The summed E-state index contributed by atoms with van der Waals surface area (Å²) >= 11 is 6.10. The minimum atomic E-state index is -4.41. The Labute approximate surface area is 231 Å². The molecule has 0 saturated carbocycles. The topological polar surface area (TPSA) is 75.6 Å². The molecule has 0 bridgehead atoms. The summed E-state index contributed by atoms with van der Waals surface area (Å²) in [6.45, 7) is 2.57. The van der Waals surface area contributed by atoms with Crippen LogP contribution in [0.15, 0.2) is 66.7 Å². The van der Waals surface area contributed by atoms with Gasteiger partial charge in [0.1, 0.15) is 11.8 Å². The van der Waals surface area contributed by atoms with E-state index >= 15 is 0 Å². The molecule has 1 atom stereocenters. The molecule has 3 aromatic rings. The van der Waals surface area contributed by atoms with Gasteiger partial charge in [0.2, 0.25) is 0 Å². The lowest BCUT2D eigenvalue weighted by Crippen LogP contribution is -2.42. The van der Waals surface area contributed by atoms with E-state index in [4.69, 9.17) is 16.3 Å². The number of carboxylic acids is 1. The van der Waals surface area contributed by atoms with Crippen molar-refractivity contribution in [2.24, 2.45) is 0 Å². The zero-order valence-electron chi connectivity index (χ0n) is 21.6. The molecule has 1 amide bonds. The third-order valence-electron chi connectivity index (χ3n) is 6.23. The molecular weight excluding hydrogens is 531 g/mol. The number of hydrogen-bond acceptors (Lipinski definition) is 3. The smallest absolute Gasteiger partial charge is 0.416 e. The van der Waals surface area contributed by atoms with Gasteiger partial charge in [-0.2, -0.15) is 13.2 Å². The number of nitrogens with one attached hydrogen (secondary N) is 1. The van der Waals surface area contributed by atoms with E-state index in [-0.39, 0.29) is 12.0 Å². The highest BCUT2D eigenvalue weighted by molar-refractivity contribution is 6.31. The number of benzene rings is 3. The zero-order chi connectivity index (χ0) is 28.4. The Morgan fingerprint density at radius 3 is 2.13 bits per heavy atom. The molecule has 208 valence electrons. The minimum Gasteiger partial charge on any atom is -0.493 e. The lowest BCUT2D eigenvalue weighted by Gasteiger charge is -2.17. The van der Waals surface area contributed by atoms with Crippen LogP contribution in [0.3, 0.4) is 0 Å². The Morgan fingerprint density at radius 1 is 0.923 bits per heavy atom. The SMILES string of the molecule is CCCCCCCOc1ccc(Cl)cc1C(=O)NC(Cc1ccc(-c2ccc(C(F)(F)F)cc2)cc1)C(=O)O. The second-order valence-electron chi connectivity index (χ2n) is 9.24. The van der Waals surface area contributed by atoms with E-state index < -0.39 is 29.7 Å². The number of rotatable bonds is 13. The first kappa shape index (κ1) is 30.0. The average Bonchev–Trinajstić information content (AvgIpc) is 2.90. The summed E-state index contributed by atoms with van der Waals surface area (Å²) in [6.07, 6.45) is 0.845. The molecule has 0 radical (unpaired) electrons. The van der Waals surface area contributed by atoms with Gasteiger partial charge in [-0.05, 0) is 53.4 Å². The molecule has 1 unspecified atom stereocenters. The molecule has 0 fully saturated rings. The molecule has 0 aromatic heterocycles. The van der Waals surface area contributed by atoms with Crippen molar-refractivity contribution in [3.05, 3.63) is 88.4 Å². The summed E-state index contributed by atoms with van der Waals surface area (Å²) in [5.74, 6) is -1.50. The van der Waals surface area contributed by atoms with Crippen molar-refractivity contribution in [1.29, 1.82) is 0 Å². The first-order valence-corrected chi connectivity index (χ1v) is 13.2. The first-order chi connectivity index (χ1) is 18.6. The monoisotopic (exact) mass is 561 g/mol. The van der Waals surface area contributed by atoms with Crippen LogP contribution in [0.4, 0.5) is 13.2 Å². The fraction of sp³-hybridized carbons (Fsp3) is 0.333. The number of halogens is 4. The summed E-state index contributed by atoms with van der Waals surface area (Å²) in [5.41, 5.74) is 1.33. The van der Waals surface area contributed by atoms with Crippen molar-refractivity contribution in [3.63, 3.8) is 0 Å². The Balaban J connectivity index is 1.66. The number of hydrogen-bond donors (Lipinski definition) is 2. The summed E-state index contributed by atoms with van der Waals surface area (Å²) < 4.78 is 44.3. The molecule has 0 saturated heterocycles. The third-order valence-corrected chi connectivity index (χ3v) is 6.47. The number of ether oxygens (including phenoxy) is 1. The van der Waals surface area contributed by atoms with Gasteiger partial charge in [-0.25, -0.2) is 4.79 Å². The van der Waals surface area contributed by atoms with E-state index in [0.717, 1.165) is 44.2 Å². The van der Waals surface area contributed by atoms with Gasteiger partial charge < -0.3 is 15.2 Å². The number of carbonyl (C=O) groups excluding carboxylic acids is 1. The van der Waals surface area contributed by atoms with E-state index in [1.54, 1.807) is 36.4 Å². The summed E-state index contributed by atoms with van der Waals surface area (Å²) in [7, 11) is 0. The predicted octanol–water partition coefficient (Wildman–Crippen LogP) is 7.80. The molecule has 0 aliphatic heterocycles. The van der Waals surface area contributed by atoms with Crippen LogP contribution in [-0.2, 0) is 17.4 Å². The maximum Gasteiger partial charge on any atom is 0.416 e. The Kier molecular flexibility index (Phi) is 10.8. The second-order valence-corrected chi connectivity index (χ2v) is 9.68. The fourth-order valence-electron chi connectivity index (χ4n) is 4.05. The van der Waals surface area contributed by atoms with Gasteiger partial charge in [0.05, 0.1) is 17.7 Å². The molecular formula is C30H31ClF3NO4. The van der Waals surface area contributed by atoms with Crippen molar-refractivity contribution in [3.8, 4) is 16.9 Å². The van der Waals surface area contributed by atoms with Crippen LogP contribution in [0.1, 0.15) is 60.5 Å². The van der Waals surface area contributed by atoms with E-state index in [0.29, 0.717) is 34.1 Å². The Hall–Kier alpha value is -3.52. The molecule has 9 heteroatoms. The number of carbonyl (C=O) groups is 2. The quantitative estimate of drug-likeness (QED) is 0.209. The van der Waals surface area contributed by atoms with Crippen molar-refractivity contribution >= 4 is 23.5 Å². The standard InChI is InChI=1S/C30H31ClF3NO4/c1-2-3-4-5-6-17-39-27-16-15-24(31)19-25(27)28(36)35-26(29(37)38)18-20-7-9-21(10-8-20)22-11-13-23(14-12-22)30(32,33)34/h7-16,19,26H,2-6,17-18H2,1H3,(H,35,36)(H,37,38). The summed E-state index contributed by atoms with van der Waals surface area (Å²) in [5, 5.41) is 12.6. The van der Waals surface area contributed by atoms with Crippen LogP contribution in [0.2, 0.25) is 5.02 Å². The first-order valence-electron chi connectivity index (χ1n) is 12.8. The van der Waals surface area contributed by atoms with Crippen LogP contribution >= 0.6 is 11.6 Å². The molecule has 0 aliphatic carbocycles. The fourth-order valence-corrected chi connectivity index (χ4v) is 4.22. The third kappa shape index (κ3) is 9.03. The predicted molar refractivity (Wildman–Crippen MR) is 145 cm³/mol. The highest BCUT2D eigenvalue weighted by atomic mass is 35.5. The zero-order valence-corrected chi connectivity index (χ0v) is 22.3. The number of alkyl halides is 3. The van der Waals surface area contributed by atoms with E-state index in [1.807, 2.05) is 0 Å². The summed E-state index contributed by atoms with van der Waals surface area (Å²) in [4.78, 5) is 25.0. The normalized spacial score (nSPS) is 12.1. The van der Waals surface area contributed by atoms with Gasteiger partial charge in [-0.15, -0.1) is 0 Å². The van der Waals surface area contributed by atoms with E-state index in [2.05, 4.69) is 12.2 Å². The molecule has 0 spiro atoms. The van der Waals surface area contributed by atoms with Gasteiger partial charge in [0.25, 0.3) is 5.91 Å². The van der Waals surface area contributed by atoms with Crippen LogP contribution in [0.25, 0.3) is 11.1 Å². The van der Waals surface area contributed by atoms with Gasteiger partial charge in [-0.3, -0.25) is 4.79 Å². The number of carboxylic acid groups (broad SMARTS) is 1. The molecule has 3 aromatic carbocycles. The molecule has 0 heterocycles. The van der Waals surface area contributed by atoms with Crippen molar-refractivity contribution in [1.82, 2.24) is 5.32 Å². The van der Waals surface area contributed by atoms with Crippen molar-refractivity contribution in [2.45, 2.75) is 57.7 Å². The average molecular weight is 562 g/mol. The number of unbranched alkanes of at least 4 members (excludes halogenated alkanes) is 4. The maximum atomic E-state index is 13.0. The molecule has 5 nitrogen and oxygen atoms in total.